The summed E-state index contributed by atoms with van der Waals surface area (Å²) in [5.41, 5.74) is 7.82. The summed E-state index contributed by atoms with van der Waals surface area (Å²) < 4.78 is 1.74. The van der Waals surface area contributed by atoms with Crippen LogP contribution < -0.4 is 11.3 Å². The van der Waals surface area contributed by atoms with Gasteiger partial charge in [-0.15, -0.1) is 0 Å². The number of aryl methyl sites for hydroxylation is 1. The van der Waals surface area contributed by atoms with Crippen LogP contribution in [0.15, 0.2) is 23.0 Å². The number of fused-ring (bicyclic) bond motifs is 2. The van der Waals surface area contributed by atoms with Crippen molar-refractivity contribution in [3.63, 3.8) is 0 Å². The Hall–Kier alpha value is -1.68. The van der Waals surface area contributed by atoms with Gasteiger partial charge in [-0.2, -0.15) is 0 Å². The van der Waals surface area contributed by atoms with Crippen LogP contribution in [0.25, 0.3) is 10.9 Å². The molecule has 0 spiro atoms. The van der Waals surface area contributed by atoms with Crippen LogP contribution in [0.3, 0.4) is 0 Å². The zero-order valence-corrected chi connectivity index (χ0v) is 9.81. The molecule has 0 radical (unpaired) electrons. The maximum atomic E-state index is 12.4. The highest BCUT2D eigenvalue weighted by Gasteiger charge is 2.21. The third kappa shape index (κ3) is 1.48. The van der Waals surface area contributed by atoms with Crippen LogP contribution >= 0.6 is 0 Å². The van der Waals surface area contributed by atoms with Crippen LogP contribution in [0.5, 0.6) is 0 Å². The van der Waals surface area contributed by atoms with Crippen LogP contribution in [-0.4, -0.2) is 9.55 Å². The van der Waals surface area contributed by atoms with Crippen molar-refractivity contribution < 1.29 is 0 Å². The summed E-state index contributed by atoms with van der Waals surface area (Å²) >= 11 is 0. The first kappa shape index (κ1) is 10.5. The van der Waals surface area contributed by atoms with E-state index in [1.54, 1.807) is 4.57 Å². The number of nitrogens with two attached hydrogens (primary N) is 1. The Morgan fingerprint density at radius 2 is 2.29 bits per heavy atom. The zero-order chi connectivity index (χ0) is 12.0. The third-order valence-electron chi connectivity index (χ3n) is 3.45. The number of rotatable bonds is 0. The van der Waals surface area contributed by atoms with Gasteiger partial charge in [-0.3, -0.25) is 9.36 Å². The molecule has 2 aromatic rings. The second kappa shape index (κ2) is 3.67. The minimum Gasteiger partial charge on any atom is -0.321 e. The van der Waals surface area contributed by atoms with Crippen molar-refractivity contribution in [2.24, 2.45) is 5.73 Å². The summed E-state index contributed by atoms with van der Waals surface area (Å²) in [7, 11) is 0. The summed E-state index contributed by atoms with van der Waals surface area (Å²) in [6.45, 7) is 2.68. The molecule has 2 heterocycles. The molecule has 0 bridgehead atoms. The minimum atomic E-state index is -0.110. The van der Waals surface area contributed by atoms with Gasteiger partial charge in [-0.1, -0.05) is 12.1 Å². The normalized spacial score (nSPS) is 19.3. The van der Waals surface area contributed by atoms with Gasteiger partial charge in [0.1, 0.15) is 5.82 Å². The summed E-state index contributed by atoms with van der Waals surface area (Å²) in [6.07, 6.45) is 1.86. The lowest BCUT2D eigenvalue weighted by Crippen LogP contribution is -2.33. The molecule has 1 aromatic carbocycles. The van der Waals surface area contributed by atoms with E-state index >= 15 is 0 Å². The van der Waals surface area contributed by atoms with Gasteiger partial charge in [-0.05, 0) is 31.4 Å². The van der Waals surface area contributed by atoms with Crippen molar-refractivity contribution >= 4 is 10.9 Å². The van der Waals surface area contributed by atoms with Gasteiger partial charge in [0.2, 0.25) is 0 Å². The molecule has 0 amide bonds. The molecule has 0 saturated carbocycles. The van der Waals surface area contributed by atoms with Gasteiger partial charge in [0.05, 0.1) is 16.9 Å². The van der Waals surface area contributed by atoms with Gasteiger partial charge in [0.25, 0.3) is 5.56 Å². The Morgan fingerprint density at radius 1 is 1.47 bits per heavy atom. The van der Waals surface area contributed by atoms with E-state index < -0.39 is 0 Å². The number of hydrogen-bond acceptors (Lipinski definition) is 3. The SMILES string of the molecule is Cc1cccc2nc3n(c(=O)c12)CCC[C@H]3N. The van der Waals surface area contributed by atoms with Gasteiger partial charge in [0.15, 0.2) is 0 Å². The smallest absolute Gasteiger partial charge is 0.261 e. The number of benzene rings is 1. The standard InChI is InChI=1S/C13H15N3O/c1-8-4-2-6-10-11(8)13(17)16-7-3-5-9(14)12(16)15-10/h2,4,6,9H,3,5,7,14H2,1H3/t9-/m1/s1. The summed E-state index contributed by atoms with van der Waals surface area (Å²) in [4.78, 5) is 17.0. The lowest BCUT2D eigenvalue weighted by molar-refractivity contribution is 0.435. The van der Waals surface area contributed by atoms with Crippen LogP contribution in [-0.2, 0) is 6.54 Å². The van der Waals surface area contributed by atoms with Crippen molar-refractivity contribution in [3.05, 3.63) is 39.9 Å². The summed E-state index contributed by atoms with van der Waals surface area (Å²) in [5.74, 6) is 0.736. The molecule has 17 heavy (non-hydrogen) atoms. The van der Waals surface area contributed by atoms with E-state index in [4.69, 9.17) is 5.73 Å². The second-order valence-electron chi connectivity index (χ2n) is 4.64. The van der Waals surface area contributed by atoms with E-state index in [1.807, 2.05) is 25.1 Å². The molecule has 1 aliphatic rings. The van der Waals surface area contributed by atoms with Crippen molar-refractivity contribution in [1.82, 2.24) is 9.55 Å². The number of aromatic nitrogens is 2. The predicted octanol–water partition coefficient (Wildman–Crippen LogP) is 1.50. The van der Waals surface area contributed by atoms with E-state index in [0.717, 1.165) is 41.7 Å². The molecule has 3 rings (SSSR count). The van der Waals surface area contributed by atoms with E-state index in [0.29, 0.717) is 0 Å². The van der Waals surface area contributed by atoms with Crippen LogP contribution in [0.4, 0.5) is 0 Å². The molecular weight excluding hydrogens is 214 g/mol. The zero-order valence-electron chi connectivity index (χ0n) is 9.81. The Bertz CT molecular complexity index is 645. The molecule has 4 nitrogen and oxygen atoms in total. The fraction of sp³-hybridized carbons (Fsp3) is 0.385. The monoisotopic (exact) mass is 229 g/mol. The summed E-state index contributed by atoms with van der Waals surface area (Å²) in [5, 5.41) is 0.727. The van der Waals surface area contributed by atoms with Crippen molar-refractivity contribution in [2.45, 2.75) is 32.4 Å². The highest BCUT2D eigenvalue weighted by atomic mass is 16.1. The van der Waals surface area contributed by atoms with Gasteiger partial charge < -0.3 is 5.73 Å². The first-order valence-electron chi connectivity index (χ1n) is 5.94. The Kier molecular flexibility index (Phi) is 2.26. The van der Waals surface area contributed by atoms with E-state index in [1.165, 1.54) is 0 Å². The fourth-order valence-electron chi connectivity index (χ4n) is 2.54. The van der Waals surface area contributed by atoms with E-state index in [2.05, 4.69) is 4.98 Å². The Labute approximate surface area is 99.1 Å². The molecule has 1 aliphatic heterocycles. The highest BCUT2D eigenvalue weighted by Crippen LogP contribution is 2.22. The maximum Gasteiger partial charge on any atom is 0.261 e. The first-order chi connectivity index (χ1) is 8.18. The van der Waals surface area contributed by atoms with Crippen molar-refractivity contribution in [3.8, 4) is 0 Å². The van der Waals surface area contributed by atoms with Crippen LogP contribution in [0, 0.1) is 6.92 Å². The minimum absolute atomic E-state index is 0.0539. The Morgan fingerprint density at radius 3 is 3.12 bits per heavy atom. The third-order valence-corrected chi connectivity index (χ3v) is 3.45. The second-order valence-corrected chi connectivity index (χ2v) is 4.64. The molecule has 1 aromatic heterocycles. The van der Waals surface area contributed by atoms with Crippen molar-refractivity contribution in [2.75, 3.05) is 0 Å². The highest BCUT2D eigenvalue weighted by molar-refractivity contribution is 5.81. The van der Waals surface area contributed by atoms with E-state index in [9.17, 15) is 4.79 Å². The van der Waals surface area contributed by atoms with Gasteiger partial charge in [0, 0.05) is 6.54 Å². The molecule has 1 atom stereocenters. The number of nitrogens with zero attached hydrogens (tertiary/aromatic N) is 2. The van der Waals surface area contributed by atoms with Crippen LogP contribution in [0.2, 0.25) is 0 Å². The quantitative estimate of drug-likeness (QED) is 0.744. The molecule has 0 saturated heterocycles. The average Bonchev–Trinajstić information content (AvgIpc) is 2.31. The molecular formula is C13H15N3O. The lowest BCUT2D eigenvalue weighted by Gasteiger charge is -2.23. The van der Waals surface area contributed by atoms with Gasteiger partial charge >= 0.3 is 0 Å². The molecule has 0 unspecified atom stereocenters. The van der Waals surface area contributed by atoms with Gasteiger partial charge in [-0.25, -0.2) is 4.98 Å². The topological polar surface area (TPSA) is 60.9 Å². The maximum absolute atomic E-state index is 12.4. The number of hydrogen-bond donors (Lipinski definition) is 1. The lowest BCUT2D eigenvalue weighted by atomic mass is 10.1. The first-order valence-corrected chi connectivity index (χ1v) is 5.94. The van der Waals surface area contributed by atoms with E-state index in [-0.39, 0.29) is 11.6 Å². The fourth-order valence-corrected chi connectivity index (χ4v) is 2.54. The molecule has 4 heteroatoms. The summed E-state index contributed by atoms with van der Waals surface area (Å²) in [6, 6.07) is 5.64. The largest absolute Gasteiger partial charge is 0.321 e. The molecule has 2 N–H and O–H groups in total. The average molecular weight is 229 g/mol. The predicted molar refractivity (Wildman–Crippen MR) is 66.9 cm³/mol. The Balaban J connectivity index is 2.44. The molecule has 0 fully saturated rings. The van der Waals surface area contributed by atoms with Crippen molar-refractivity contribution in [1.29, 1.82) is 0 Å². The molecule has 88 valence electrons. The molecule has 0 aliphatic carbocycles. The van der Waals surface area contributed by atoms with Crippen LogP contribution in [0.1, 0.15) is 30.3 Å².